The highest BCUT2D eigenvalue weighted by Crippen LogP contribution is 2.51. The standard InChI is InChI=1S/C24H28O3/c1-13-14(2)16(4)20-11-22-21(10-19(20)15(13)3)24(5,12-27-22)18-8-6-17(7-9-18)23(25)26/h6-11,13-16H,12H2,1-5H3,(H,25,26). The molecule has 0 amide bonds. The number of carboxylic acid groups (broad SMARTS) is 1. The molecule has 2 aromatic rings. The molecule has 0 aromatic heterocycles. The fourth-order valence-electron chi connectivity index (χ4n) is 4.95. The summed E-state index contributed by atoms with van der Waals surface area (Å²) in [7, 11) is 0. The summed E-state index contributed by atoms with van der Waals surface area (Å²) >= 11 is 0. The molecule has 27 heavy (non-hydrogen) atoms. The van der Waals surface area contributed by atoms with E-state index in [2.05, 4.69) is 46.8 Å². The van der Waals surface area contributed by atoms with Crippen molar-refractivity contribution in [1.82, 2.24) is 0 Å². The van der Waals surface area contributed by atoms with Crippen molar-refractivity contribution in [2.24, 2.45) is 11.8 Å². The first-order chi connectivity index (χ1) is 12.7. The summed E-state index contributed by atoms with van der Waals surface area (Å²) < 4.78 is 6.14. The summed E-state index contributed by atoms with van der Waals surface area (Å²) in [5.74, 6) is 2.45. The number of benzene rings is 2. The van der Waals surface area contributed by atoms with Gasteiger partial charge < -0.3 is 9.84 Å². The van der Waals surface area contributed by atoms with Crippen LogP contribution in [0.3, 0.4) is 0 Å². The van der Waals surface area contributed by atoms with Crippen molar-refractivity contribution in [3.63, 3.8) is 0 Å². The molecule has 5 atom stereocenters. The molecule has 142 valence electrons. The molecule has 3 nitrogen and oxygen atoms in total. The molecule has 0 fully saturated rings. The van der Waals surface area contributed by atoms with E-state index in [4.69, 9.17) is 4.74 Å². The Morgan fingerprint density at radius 3 is 2.11 bits per heavy atom. The molecule has 4 rings (SSSR count). The van der Waals surface area contributed by atoms with Crippen LogP contribution in [0.4, 0.5) is 0 Å². The summed E-state index contributed by atoms with van der Waals surface area (Å²) in [4.78, 5) is 11.2. The molecule has 1 aliphatic carbocycles. The van der Waals surface area contributed by atoms with E-state index in [1.54, 1.807) is 12.1 Å². The number of aromatic carboxylic acids is 1. The van der Waals surface area contributed by atoms with E-state index in [9.17, 15) is 9.90 Å². The summed E-state index contributed by atoms with van der Waals surface area (Å²) in [5.41, 5.74) is 5.27. The second-order valence-corrected chi connectivity index (χ2v) is 8.78. The monoisotopic (exact) mass is 364 g/mol. The van der Waals surface area contributed by atoms with Crippen LogP contribution in [-0.2, 0) is 5.41 Å². The molecule has 2 aliphatic rings. The van der Waals surface area contributed by atoms with Crippen molar-refractivity contribution in [3.8, 4) is 5.75 Å². The smallest absolute Gasteiger partial charge is 0.335 e. The normalized spacial score (nSPS) is 31.7. The van der Waals surface area contributed by atoms with Crippen LogP contribution in [0.5, 0.6) is 5.75 Å². The van der Waals surface area contributed by atoms with Crippen molar-refractivity contribution in [2.45, 2.75) is 51.9 Å². The Balaban J connectivity index is 1.81. The minimum atomic E-state index is -0.894. The largest absolute Gasteiger partial charge is 0.492 e. The number of fused-ring (bicyclic) bond motifs is 2. The summed E-state index contributed by atoms with van der Waals surface area (Å²) in [5, 5.41) is 9.17. The Labute approximate surface area is 161 Å². The van der Waals surface area contributed by atoms with Crippen LogP contribution in [-0.4, -0.2) is 17.7 Å². The van der Waals surface area contributed by atoms with Gasteiger partial charge >= 0.3 is 5.97 Å². The van der Waals surface area contributed by atoms with E-state index < -0.39 is 5.97 Å². The van der Waals surface area contributed by atoms with Gasteiger partial charge in [0.05, 0.1) is 11.0 Å². The van der Waals surface area contributed by atoms with Crippen molar-refractivity contribution >= 4 is 5.97 Å². The number of ether oxygens (including phenoxy) is 1. The van der Waals surface area contributed by atoms with Crippen molar-refractivity contribution < 1.29 is 14.6 Å². The van der Waals surface area contributed by atoms with Gasteiger partial charge in [0, 0.05) is 5.56 Å². The first kappa shape index (κ1) is 18.1. The Morgan fingerprint density at radius 1 is 1.00 bits per heavy atom. The van der Waals surface area contributed by atoms with Crippen molar-refractivity contribution in [3.05, 3.63) is 64.2 Å². The highest BCUT2D eigenvalue weighted by atomic mass is 16.5. The van der Waals surface area contributed by atoms with E-state index in [0.29, 0.717) is 35.8 Å². The second kappa shape index (κ2) is 6.12. The highest BCUT2D eigenvalue weighted by Gasteiger charge is 2.41. The number of carboxylic acids is 1. The fraction of sp³-hybridized carbons (Fsp3) is 0.458. The van der Waals surface area contributed by atoms with E-state index in [0.717, 1.165) is 11.3 Å². The predicted molar refractivity (Wildman–Crippen MR) is 107 cm³/mol. The fourth-order valence-corrected chi connectivity index (χ4v) is 4.95. The van der Waals surface area contributed by atoms with Crippen LogP contribution >= 0.6 is 0 Å². The SMILES string of the molecule is CC1c2cc3c(cc2C(C)C(C)C1C)C(C)(c1ccc(C(=O)O)cc1)CO3. The van der Waals surface area contributed by atoms with Crippen LogP contribution in [0.15, 0.2) is 36.4 Å². The third-order valence-electron chi connectivity index (χ3n) is 7.45. The summed E-state index contributed by atoms with van der Waals surface area (Å²) in [6.07, 6.45) is 0. The first-order valence-electron chi connectivity index (χ1n) is 9.89. The molecule has 1 aliphatic heterocycles. The molecule has 1 N–H and O–H groups in total. The molecule has 0 bridgehead atoms. The van der Waals surface area contributed by atoms with Crippen molar-refractivity contribution in [2.75, 3.05) is 6.61 Å². The zero-order chi connectivity index (χ0) is 19.5. The number of carbonyl (C=O) groups is 1. The van der Waals surface area contributed by atoms with Crippen LogP contribution in [0, 0.1) is 11.8 Å². The quantitative estimate of drug-likeness (QED) is 0.757. The van der Waals surface area contributed by atoms with Crippen LogP contribution in [0.25, 0.3) is 0 Å². The lowest BCUT2D eigenvalue weighted by molar-refractivity contribution is 0.0697. The Hall–Kier alpha value is -2.29. The van der Waals surface area contributed by atoms with Gasteiger partial charge in [-0.2, -0.15) is 0 Å². The molecular formula is C24H28O3. The van der Waals surface area contributed by atoms with Crippen LogP contribution in [0.1, 0.15) is 79.1 Å². The number of hydrogen-bond acceptors (Lipinski definition) is 2. The van der Waals surface area contributed by atoms with Crippen LogP contribution < -0.4 is 4.74 Å². The first-order valence-corrected chi connectivity index (χ1v) is 9.89. The maximum absolute atomic E-state index is 11.2. The van der Waals surface area contributed by atoms with Gasteiger partial charge in [-0.1, -0.05) is 45.9 Å². The molecule has 1 heterocycles. The van der Waals surface area contributed by atoms with E-state index in [-0.39, 0.29) is 5.41 Å². The molecule has 2 aromatic carbocycles. The molecule has 0 radical (unpaired) electrons. The topological polar surface area (TPSA) is 46.5 Å². The average Bonchev–Trinajstić information content (AvgIpc) is 3.01. The molecule has 5 unspecified atom stereocenters. The van der Waals surface area contributed by atoms with E-state index in [1.807, 2.05) is 12.1 Å². The third-order valence-corrected chi connectivity index (χ3v) is 7.45. The van der Waals surface area contributed by atoms with E-state index >= 15 is 0 Å². The number of hydrogen-bond donors (Lipinski definition) is 1. The van der Waals surface area contributed by atoms with Gasteiger partial charge in [-0.3, -0.25) is 0 Å². The van der Waals surface area contributed by atoms with Gasteiger partial charge in [0.15, 0.2) is 0 Å². The van der Waals surface area contributed by atoms with Gasteiger partial charge in [0.25, 0.3) is 0 Å². The van der Waals surface area contributed by atoms with E-state index in [1.165, 1.54) is 16.7 Å². The molecule has 0 saturated carbocycles. The van der Waals surface area contributed by atoms with Gasteiger partial charge in [-0.25, -0.2) is 4.79 Å². The average molecular weight is 364 g/mol. The summed E-state index contributed by atoms with van der Waals surface area (Å²) in [6, 6.07) is 11.9. The zero-order valence-electron chi connectivity index (χ0n) is 16.7. The molecule has 3 heteroatoms. The summed E-state index contributed by atoms with van der Waals surface area (Å²) in [6.45, 7) is 12.2. The highest BCUT2D eigenvalue weighted by molar-refractivity contribution is 5.87. The lowest BCUT2D eigenvalue weighted by Crippen LogP contribution is -2.28. The lowest BCUT2D eigenvalue weighted by atomic mass is 9.65. The van der Waals surface area contributed by atoms with Gasteiger partial charge in [-0.15, -0.1) is 0 Å². The second-order valence-electron chi connectivity index (χ2n) is 8.78. The minimum Gasteiger partial charge on any atom is -0.492 e. The Kier molecular flexibility index (Phi) is 4.10. The molecule has 0 saturated heterocycles. The maximum atomic E-state index is 11.2. The van der Waals surface area contributed by atoms with Gasteiger partial charge in [-0.05, 0) is 65.5 Å². The molecule has 0 spiro atoms. The van der Waals surface area contributed by atoms with Crippen LogP contribution in [0.2, 0.25) is 0 Å². The maximum Gasteiger partial charge on any atom is 0.335 e. The van der Waals surface area contributed by atoms with Gasteiger partial charge in [0.1, 0.15) is 12.4 Å². The Bertz CT molecular complexity index is 899. The van der Waals surface area contributed by atoms with Gasteiger partial charge in [0.2, 0.25) is 0 Å². The zero-order valence-corrected chi connectivity index (χ0v) is 16.7. The lowest BCUT2D eigenvalue weighted by Gasteiger charge is -2.39. The van der Waals surface area contributed by atoms with Crippen molar-refractivity contribution in [1.29, 1.82) is 0 Å². The number of rotatable bonds is 2. The Morgan fingerprint density at radius 2 is 1.56 bits per heavy atom. The third kappa shape index (κ3) is 2.59. The predicted octanol–water partition coefficient (Wildman–Crippen LogP) is 5.58. The molecular weight excluding hydrogens is 336 g/mol. The minimum absolute atomic E-state index is 0.253.